The van der Waals surface area contributed by atoms with E-state index >= 15 is 0 Å². The molecule has 0 saturated heterocycles. The number of carbonyl (C=O) groups is 2. The number of allylic oxidation sites excluding steroid dienone is 3. The number of phenolic OH excluding ortho intramolecular Hbond substituents is 2. The second kappa shape index (κ2) is 9.28. The van der Waals surface area contributed by atoms with Gasteiger partial charge in [0.2, 0.25) is 0 Å². The highest BCUT2D eigenvalue weighted by molar-refractivity contribution is 6.33. The number of rotatable bonds is 8. The van der Waals surface area contributed by atoms with E-state index in [0.29, 0.717) is 12.3 Å². The van der Waals surface area contributed by atoms with Gasteiger partial charge in [-0.25, -0.2) is 4.79 Å². The van der Waals surface area contributed by atoms with Crippen molar-refractivity contribution in [2.75, 3.05) is 0 Å². The summed E-state index contributed by atoms with van der Waals surface area (Å²) < 4.78 is 5.34. The Labute approximate surface area is 152 Å². The number of hydrogen-bond donors (Lipinski definition) is 2. The van der Waals surface area contributed by atoms with Gasteiger partial charge in [-0.1, -0.05) is 44.2 Å². The predicted molar refractivity (Wildman–Crippen MR) is 97.2 cm³/mol. The maximum atomic E-state index is 12.5. The van der Waals surface area contributed by atoms with E-state index in [1.54, 1.807) is 6.92 Å². The predicted octanol–water partition coefficient (Wildman–Crippen LogP) is 4.20. The molecule has 0 fully saturated rings. The minimum atomic E-state index is -0.789. The Balaban J connectivity index is 3.22. The fourth-order valence-corrected chi connectivity index (χ4v) is 2.66. The van der Waals surface area contributed by atoms with Crippen LogP contribution in [-0.4, -0.2) is 28.1 Å². The highest BCUT2D eigenvalue weighted by Gasteiger charge is 2.25. The van der Waals surface area contributed by atoms with Crippen LogP contribution in [0.3, 0.4) is 0 Å². The summed E-state index contributed by atoms with van der Waals surface area (Å²) >= 11 is 6.05. The summed E-state index contributed by atoms with van der Waals surface area (Å²) in [5.74, 6) is -1.73. The van der Waals surface area contributed by atoms with Crippen molar-refractivity contribution in [1.29, 1.82) is 0 Å². The first-order chi connectivity index (χ1) is 11.7. The molecule has 0 amide bonds. The van der Waals surface area contributed by atoms with Gasteiger partial charge in [-0.05, 0) is 25.3 Å². The van der Waals surface area contributed by atoms with E-state index in [0.717, 1.165) is 6.07 Å². The van der Waals surface area contributed by atoms with Gasteiger partial charge in [0, 0.05) is 18.1 Å². The van der Waals surface area contributed by atoms with Crippen molar-refractivity contribution < 1.29 is 24.5 Å². The maximum absolute atomic E-state index is 12.5. The molecule has 0 aliphatic carbocycles. The fraction of sp³-hybridized carbons (Fsp3) is 0.368. The summed E-state index contributed by atoms with van der Waals surface area (Å²) in [5.41, 5.74) is -0.182. The molecule has 0 spiro atoms. The van der Waals surface area contributed by atoms with E-state index in [9.17, 15) is 19.8 Å². The van der Waals surface area contributed by atoms with Crippen LogP contribution < -0.4 is 0 Å². The number of aromatic hydroxyl groups is 2. The molecule has 0 saturated carbocycles. The molecule has 1 rings (SSSR count). The van der Waals surface area contributed by atoms with Crippen LogP contribution in [0.4, 0.5) is 0 Å². The lowest BCUT2D eigenvalue weighted by Gasteiger charge is -2.18. The largest absolute Gasteiger partial charge is 0.507 e. The molecule has 136 valence electrons. The Morgan fingerprint density at radius 2 is 1.92 bits per heavy atom. The fourth-order valence-electron chi connectivity index (χ4n) is 2.44. The zero-order valence-electron chi connectivity index (χ0n) is 14.6. The van der Waals surface area contributed by atoms with Crippen LogP contribution in [0.1, 0.15) is 43.1 Å². The lowest BCUT2D eigenvalue weighted by molar-refractivity contribution is -0.114. The summed E-state index contributed by atoms with van der Waals surface area (Å²) in [5, 5.41) is 19.7. The summed E-state index contributed by atoms with van der Waals surface area (Å²) in [4.78, 5) is 24.4. The first-order valence-corrected chi connectivity index (χ1v) is 8.31. The van der Waals surface area contributed by atoms with Gasteiger partial charge < -0.3 is 14.9 Å². The summed E-state index contributed by atoms with van der Waals surface area (Å²) in [6.07, 6.45) is 4.15. The number of esters is 1. The molecule has 0 bridgehead atoms. The lowest BCUT2D eigenvalue weighted by Crippen LogP contribution is -2.19. The number of benzene rings is 1. The molecular formula is C19H23ClO5. The minimum absolute atomic E-state index is 0.0274. The van der Waals surface area contributed by atoms with Gasteiger partial charge in [0.05, 0.1) is 11.1 Å². The van der Waals surface area contributed by atoms with Crippen LogP contribution in [0, 0.1) is 5.92 Å². The normalized spacial score (nSPS) is 12.4. The molecule has 2 N–H and O–H groups in total. The molecule has 0 radical (unpaired) electrons. The smallest absolute Gasteiger partial charge is 0.342 e. The molecular weight excluding hydrogens is 344 g/mol. The third-order valence-electron chi connectivity index (χ3n) is 3.41. The standard InChI is InChI=1S/C19H23ClO5/c1-5-6-7-13(21)9-14-17(15(22)10-16(23)18(14)20)19(24)25-12(4)8-11(2)3/h5-7,10-12,22-23H,1,8-9H2,2-4H3/b7-6+. The van der Waals surface area contributed by atoms with Crippen LogP contribution in [0.2, 0.25) is 5.02 Å². The van der Waals surface area contributed by atoms with Gasteiger partial charge in [-0.3, -0.25) is 4.79 Å². The van der Waals surface area contributed by atoms with Gasteiger partial charge >= 0.3 is 5.97 Å². The second-order valence-electron chi connectivity index (χ2n) is 6.17. The molecule has 1 atom stereocenters. The van der Waals surface area contributed by atoms with E-state index in [2.05, 4.69) is 6.58 Å². The van der Waals surface area contributed by atoms with Gasteiger partial charge in [0.1, 0.15) is 17.1 Å². The van der Waals surface area contributed by atoms with E-state index in [1.807, 2.05) is 13.8 Å². The van der Waals surface area contributed by atoms with E-state index < -0.39 is 17.5 Å². The van der Waals surface area contributed by atoms with Crippen LogP contribution in [0.5, 0.6) is 11.5 Å². The van der Waals surface area contributed by atoms with Crippen molar-refractivity contribution in [2.45, 2.75) is 39.7 Å². The first-order valence-electron chi connectivity index (χ1n) is 7.93. The third-order valence-corrected chi connectivity index (χ3v) is 3.83. The van der Waals surface area contributed by atoms with Crippen LogP contribution in [-0.2, 0) is 16.0 Å². The average molecular weight is 367 g/mol. The molecule has 0 aliphatic heterocycles. The highest BCUT2D eigenvalue weighted by atomic mass is 35.5. The first kappa shape index (κ1) is 20.8. The quantitative estimate of drug-likeness (QED) is 0.409. The topological polar surface area (TPSA) is 83.8 Å². The number of halogens is 1. The Morgan fingerprint density at radius 3 is 2.48 bits per heavy atom. The molecule has 5 nitrogen and oxygen atoms in total. The van der Waals surface area contributed by atoms with E-state index in [4.69, 9.17) is 16.3 Å². The molecule has 6 heteroatoms. The molecule has 0 heterocycles. The second-order valence-corrected chi connectivity index (χ2v) is 6.54. The van der Waals surface area contributed by atoms with E-state index in [1.165, 1.54) is 18.2 Å². The Kier molecular flexibility index (Phi) is 7.71. The Hall–Kier alpha value is -2.27. The molecule has 0 aliphatic rings. The summed E-state index contributed by atoms with van der Waals surface area (Å²) in [6.45, 7) is 9.20. The van der Waals surface area contributed by atoms with Crippen LogP contribution >= 0.6 is 11.6 Å². The molecule has 1 aromatic carbocycles. The zero-order chi connectivity index (χ0) is 19.1. The number of phenols is 2. The minimum Gasteiger partial charge on any atom is -0.507 e. The van der Waals surface area contributed by atoms with Gasteiger partial charge in [-0.2, -0.15) is 0 Å². The molecule has 25 heavy (non-hydrogen) atoms. The number of ether oxygens (including phenoxy) is 1. The van der Waals surface area contributed by atoms with Gasteiger partial charge in [0.25, 0.3) is 0 Å². The van der Waals surface area contributed by atoms with E-state index in [-0.39, 0.29) is 34.5 Å². The van der Waals surface area contributed by atoms with Crippen LogP contribution in [0.15, 0.2) is 30.9 Å². The average Bonchev–Trinajstić information content (AvgIpc) is 2.49. The maximum Gasteiger partial charge on any atom is 0.342 e. The molecule has 0 aromatic heterocycles. The van der Waals surface area contributed by atoms with Crippen molar-refractivity contribution >= 4 is 23.4 Å². The number of hydrogen-bond acceptors (Lipinski definition) is 5. The highest BCUT2D eigenvalue weighted by Crippen LogP contribution is 2.37. The van der Waals surface area contributed by atoms with Crippen LogP contribution in [0.25, 0.3) is 0 Å². The summed E-state index contributed by atoms with van der Waals surface area (Å²) in [6, 6.07) is 0.958. The van der Waals surface area contributed by atoms with Gasteiger partial charge in [-0.15, -0.1) is 0 Å². The molecule has 1 unspecified atom stereocenters. The third kappa shape index (κ3) is 5.94. The number of ketones is 1. The Morgan fingerprint density at radius 1 is 1.28 bits per heavy atom. The SMILES string of the molecule is C=C/C=C/C(=O)Cc1c(Cl)c(O)cc(O)c1C(=O)OC(C)CC(C)C. The van der Waals surface area contributed by atoms with Crippen molar-refractivity contribution in [1.82, 2.24) is 0 Å². The number of carbonyl (C=O) groups excluding carboxylic acids is 2. The van der Waals surface area contributed by atoms with Crippen molar-refractivity contribution in [3.63, 3.8) is 0 Å². The molecule has 1 aromatic rings. The monoisotopic (exact) mass is 366 g/mol. The van der Waals surface area contributed by atoms with Crippen molar-refractivity contribution in [3.05, 3.63) is 47.0 Å². The van der Waals surface area contributed by atoms with Crippen molar-refractivity contribution in [3.8, 4) is 11.5 Å². The zero-order valence-corrected chi connectivity index (χ0v) is 15.3. The summed E-state index contributed by atoms with van der Waals surface area (Å²) in [7, 11) is 0. The van der Waals surface area contributed by atoms with Crippen molar-refractivity contribution in [2.24, 2.45) is 5.92 Å². The lowest BCUT2D eigenvalue weighted by atomic mass is 10.00. The van der Waals surface area contributed by atoms with Gasteiger partial charge in [0.15, 0.2) is 5.78 Å². The Bertz CT molecular complexity index is 692.